The largest absolute Gasteiger partial charge is 0.309 e. The average molecular weight is 666 g/mol. The standard InChI is InChI=1S/C51H39N/c1-51(2)46-28-14-12-27-44(46)50-47(51)29-17-31-49(50)52(41-32-33-42(37-20-8-4-9-21-37)45(35-41)38-22-10-5-11-23-38)48-30-15-13-26-43(48)40-25-16-24-39(34-40)36-18-6-3-7-19-36/h3-35H,1-2H3. The molecule has 0 saturated heterocycles. The van der Waals surface area contributed by atoms with Crippen molar-refractivity contribution in [2.24, 2.45) is 0 Å². The van der Waals surface area contributed by atoms with Crippen LogP contribution in [-0.4, -0.2) is 0 Å². The maximum Gasteiger partial charge on any atom is 0.0543 e. The number of hydrogen-bond donors (Lipinski definition) is 0. The lowest BCUT2D eigenvalue weighted by Gasteiger charge is -2.31. The van der Waals surface area contributed by atoms with E-state index in [1.165, 1.54) is 72.4 Å². The molecule has 248 valence electrons. The van der Waals surface area contributed by atoms with Gasteiger partial charge in [0.2, 0.25) is 0 Å². The van der Waals surface area contributed by atoms with Crippen molar-refractivity contribution < 1.29 is 0 Å². The van der Waals surface area contributed by atoms with E-state index >= 15 is 0 Å². The van der Waals surface area contributed by atoms with E-state index in [4.69, 9.17) is 0 Å². The Morgan fingerprint density at radius 1 is 0.327 bits per heavy atom. The van der Waals surface area contributed by atoms with Crippen molar-refractivity contribution in [1.82, 2.24) is 0 Å². The minimum Gasteiger partial charge on any atom is -0.309 e. The minimum atomic E-state index is -0.122. The predicted molar refractivity (Wildman–Crippen MR) is 220 cm³/mol. The summed E-state index contributed by atoms with van der Waals surface area (Å²) in [6, 6.07) is 72.8. The first kappa shape index (κ1) is 31.5. The molecule has 0 radical (unpaired) electrons. The Kier molecular flexibility index (Phi) is 7.90. The zero-order chi connectivity index (χ0) is 35.1. The van der Waals surface area contributed by atoms with E-state index in [9.17, 15) is 0 Å². The first-order valence-electron chi connectivity index (χ1n) is 18.1. The smallest absolute Gasteiger partial charge is 0.0543 e. The molecule has 9 rings (SSSR count). The molecule has 0 bridgehead atoms. The van der Waals surface area contributed by atoms with Gasteiger partial charge in [-0.1, -0.05) is 184 Å². The molecule has 0 fully saturated rings. The van der Waals surface area contributed by atoms with Crippen molar-refractivity contribution in [1.29, 1.82) is 0 Å². The molecule has 0 heterocycles. The highest BCUT2D eigenvalue weighted by Crippen LogP contribution is 2.55. The molecule has 1 heteroatoms. The summed E-state index contributed by atoms with van der Waals surface area (Å²) in [5.74, 6) is 0. The van der Waals surface area contributed by atoms with E-state index in [2.05, 4.69) is 219 Å². The van der Waals surface area contributed by atoms with E-state index in [1.54, 1.807) is 0 Å². The number of hydrogen-bond acceptors (Lipinski definition) is 1. The summed E-state index contributed by atoms with van der Waals surface area (Å²) in [6.07, 6.45) is 0. The Morgan fingerprint density at radius 3 is 1.58 bits per heavy atom. The van der Waals surface area contributed by atoms with E-state index in [1.807, 2.05) is 0 Å². The molecule has 52 heavy (non-hydrogen) atoms. The van der Waals surface area contributed by atoms with Crippen LogP contribution in [0.1, 0.15) is 25.0 Å². The average Bonchev–Trinajstić information content (AvgIpc) is 3.45. The van der Waals surface area contributed by atoms with Crippen LogP contribution in [0.15, 0.2) is 200 Å². The van der Waals surface area contributed by atoms with Crippen LogP contribution in [0.4, 0.5) is 17.1 Å². The Hall–Kier alpha value is -6.44. The molecule has 0 spiro atoms. The van der Waals surface area contributed by atoms with Gasteiger partial charge in [0.1, 0.15) is 0 Å². The molecule has 1 aliphatic carbocycles. The lowest BCUT2D eigenvalue weighted by molar-refractivity contribution is 0.660. The molecule has 0 atom stereocenters. The number of rotatable bonds is 7. The van der Waals surface area contributed by atoms with Crippen molar-refractivity contribution in [2.45, 2.75) is 19.3 Å². The quantitative estimate of drug-likeness (QED) is 0.164. The fraction of sp³-hybridized carbons (Fsp3) is 0.0588. The second-order valence-electron chi connectivity index (χ2n) is 14.1. The Labute approximate surface area is 307 Å². The first-order chi connectivity index (χ1) is 25.6. The van der Waals surface area contributed by atoms with E-state index in [0.29, 0.717) is 0 Å². The van der Waals surface area contributed by atoms with E-state index < -0.39 is 0 Å². The van der Waals surface area contributed by atoms with Gasteiger partial charge in [-0.05, 0) is 86.0 Å². The lowest BCUT2D eigenvalue weighted by atomic mass is 9.82. The zero-order valence-corrected chi connectivity index (χ0v) is 29.5. The summed E-state index contributed by atoms with van der Waals surface area (Å²) in [4.78, 5) is 2.50. The van der Waals surface area contributed by atoms with Crippen molar-refractivity contribution in [3.05, 3.63) is 211 Å². The van der Waals surface area contributed by atoms with Crippen LogP contribution in [0.2, 0.25) is 0 Å². The first-order valence-corrected chi connectivity index (χ1v) is 18.1. The van der Waals surface area contributed by atoms with Crippen LogP contribution in [0.3, 0.4) is 0 Å². The van der Waals surface area contributed by atoms with Gasteiger partial charge in [0.25, 0.3) is 0 Å². The number of para-hydroxylation sites is 1. The highest BCUT2D eigenvalue weighted by atomic mass is 15.1. The number of benzene rings is 8. The summed E-state index contributed by atoms with van der Waals surface area (Å²) in [5.41, 5.74) is 18.2. The Balaban J connectivity index is 1.32. The van der Waals surface area contributed by atoms with Crippen LogP contribution in [0, 0.1) is 0 Å². The maximum atomic E-state index is 2.50. The third-order valence-electron chi connectivity index (χ3n) is 10.7. The van der Waals surface area contributed by atoms with E-state index in [-0.39, 0.29) is 5.41 Å². The molecule has 0 unspecified atom stereocenters. The summed E-state index contributed by atoms with van der Waals surface area (Å²) < 4.78 is 0. The second kappa shape index (κ2) is 13.0. The Bertz CT molecular complexity index is 2530. The van der Waals surface area contributed by atoms with Gasteiger partial charge in [0.05, 0.1) is 11.4 Å². The highest BCUT2D eigenvalue weighted by Gasteiger charge is 2.38. The summed E-state index contributed by atoms with van der Waals surface area (Å²) in [5, 5.41) is 0. The van der Waals surface area contributed by atoms with Crippen molar-refractivity contribution >= 4 is 17.1 Å². The molecule has 8 aromatic rings. The SMILES string of the molecule is CC1(C)c2ccccc2-c2c(N(c3ccc(-c4ccccc4)c(-c4ccccc4)c3)c3ccccc3-c3cccc(-c4ccccc4)c3)cccc21. The second-order valence-corrected chi connectivity index (χ2v) is 14.1. The van der Waals surface area contributed by atoms with Gasteiger partial charge in [-0.15, -0.1) is 0 Å². The number of anilines is 3. The third kappa shape index (κ3) is 5.43. The zero-order valence-electron chi connectivity index (χ0n) is 29.5. The van der Waals surface area contributed by atoms with Gasteiger partial charge in [-0.25, -0.2) is 0 Å². The van der Waals surface area contributed by atoms with E-state index in [0.717, 1.165) is 11.4 Å². The number of fused-ring (bicyclic) bond motifs is 3. The van der Waals surface area contributed by atoms with Crippen LogP contribution in [0.5, 0.6) is 0 Å². The maximum absolute atomic E-state index is 2.50. The predicted octanol–water partition coefficient (Wildman–Crippen LogP) is 14.1. The van der Waals surface area contributed by atoms with Gasteiger partial charge in [-0.2, -0.15) is 0 Å². The molecule has 0 saturated carbocycles. The van der Waals surface area contributed by atoms with Gasteiger partial charge in [0.15, 0.2) is 0 Å². The lowest BCUT2D eigenvalue weighted by Crippen LogP contribution is -2.16. The summed E-state index contributed by atoms with van der Waals surface area (Å²) in [7, 11) is 0. The monoisotopic (exact) mass is 665 g/mol. The highest BCUT2D eigenvalue weighted by molar-refractivity contribution is 5.99. The molecular formula is C51H39N. The van der Waals surface area contributed by atoms with Gasteiger partial charge in [-0.3, -0.25) is 0 Å². The molecule has 1 nitrogen and oxygen atoms in total. The van der Waals surface area contributed by atoms with Crippen LogP contribution >= 0.6 is 0 Å². The Morgan fingerprint density at radius 2 is 0.846 bits per heavy atom. The fourth-order valence-electron chi connectivity index (χ4n) is 8.14. The molecule has 8 aromatic carbocycles. The molecule has 0 amide bonds. The summed E-state index contributed by atoms with van der Waals surface area (Å²) >= 11 is 0. The van der Waals surface area contributed by atoms with Crippen molar-refractivity contribution in [2.75, 3.05) is 4.90 Å². The van der Waals surface area contributed by atoms with Gasteiger partial charge < -0.3 is 4.90 Å². The fourth-order valence-corrected chi connectivity index (χ4v) is 8.14. The summed E-state index contributed by atoms with van der Waals surface area (Å²) in [6.45, 7) is 4.72. The third-order valence-corrected chi connectivity index (χ3v) is 10.7. The number of nitrogens with zero attached hydrogens (tertiary/aromatic N) is 1. The molecule has 0 aromatic heterocycles. The van der Waals surface area contributed by atoms with Gasteiger partial charge >= 0.3 is 0 Å². The van der Waals surface area contributed by atoms with Crippen molar-refractivity contribution in [3.63, 3.8) is 0 Å². The van der Waals surface area contributed by atoms with Crippen LogP contribution in [0.25, 0.3) is 55.6 Å². The topological polar surface area (TPSA) is 3.24 Å². The normalized spacial score (nSPS) is 12.6. The molecule has 1 aliphatic rings. The van der Waals surface area contributed by atoms with Crippen molar-refractivity contribution in [3.8, 4) is 55.6 Å². The van der Waals surface area contributed by atoms with Gasteiger partial charge in [0, 0.05) is 22.2 Å². The minimum absolute atomic E-state index is 0.122. The molecule has 0 N–H and O–H groups in total. The van der Waals surface area contributed by atoms with Crippen LogP contribution in [-0.2, 0) is 5.41 Å². The van der Waals surface area contributed by atoms with Crippen LogP contribution < -0.4 is 4.90 Å². The molecule has 0 aliphatic heterocycles. The molecular weight excluding hydrogens is 627 g/mol.